The van der Waals surface area contributed by atoms with Crippen LogP contribution >= 0.6 is 23.2 Å². The molecule has 3 aromatic rings. The third kappa shape index (κ3) is 3.03. The number of halogens is 2. The molecule has 0 aliphatic rings. The van der Waals surface area contributed by atoms with E-state index in [0.717, 1.165) is 5.56 Å². The highest BCUT2D eigenvalue weighted by Gasteiger charge is 2.14. The molecule has 1 aromatic carbocycles. The first-order valence-corrected chi connectivity index (χ1v) is 7.29. The van der Waals surface area contributed by atoms with Crippen LogP contribution in [0.25, 0.3) is 11.0 Å². The van der Waals surface area contributed by atoms with Crippen molar-refractivity contribution in [2.24, 2.45) is 0 Å². The second kappa shape index (κ2) is 6.29. The van der Waals surface area contributed by atoms with Crippen LogP contribution in [0.15, 0.2) is 30.3 Å². The molecular weight excluding hydrogens is 323 g/mol. The lowest BCUT2D eigenvalue weighted by Crippen LogP contribution is -2.06. The Morgan fingerprint density at radius 2 is 1.45 bits per heavy atom. The van der Waals surface area contributed by atoms with Crippen LogP contribution in [0.1, 0.15) is 5.56 Å². The van der Waals surface area contributed by atoms with E-state index in [9.17, 15) is 0 Å². The summed E-state index contributed by atoms with van der Waals surface area (Å²) < 4.78 is 0. The van der Waals surface area contributed by atoms with Crippen molar-refractivity contribution in [2.75, 3.05) is 17.7 Å². The molecule has 6 nitrogen and oxygen atoms in total. The zero-order chi connectivity index (χ0) is 15.5. The Labute approximate surface area is 136 Å². The molecule has 0 saturated carbocycles. The van der Waals surface area contributed by atoms with Crippen molar-refractivity contribution in [3.05, 3.63) is 46.5 Å². The molecule has 0 radical (unpaired) electrons. The largest absolute Gasteiger partial charge is 0.371 e. The minimum absolute atomic E-state index is 0.116. The molecule has 112 valence electrons. The third-order valence-corrected chi connectivity index (χ3v) is 3.37. The number of nitrogens with one attached hydrogen (secondary N) is 2. The summed E-state index contributed by atoms with van der Waals surface area (Å²) in [5.41, 5.74) is 2.14. The van der Waals surface area contributed by atoms with Crippen molar-refractivity contribution in [2.45, 2.75) is 6.54 Å². The molecule has 2 heterocycles. The summed E-state index contributed by atoms with van der Waals surface area (Å²) in [5, 5.41) is 6.37. The van der Waals surface area contributed by atoms with Crippen LogP contribution in [-0.4, -0.2) is 27.0 Å². The number of rotatable bonds is 4. The fourth-order valence-electron chi connectivity index (χ4n) is 2.04. The summed E-state index contributed by atoms with van der Waals surface area (Å²) >= 11 is 11.9. The number of aromatic nitrogens is 4. The zero-order valence-corrected chi connectivity index (χ0v) is 13.2. The quantitative estimate of drug-likeness (QED) is 0.712. The summed E-state index contributed by atoms with van der Waals surface area (Å²) in [6.45, 7) is 0.583. The summed E-state index contributed by atoms with van der Waals surface area (Å²) in [4.78, 5) is 16.7. The Morgan fingerprint density at radius 1 is 0.864 bits per heavy atom. The third-order valence-electron chi connectivity index (χ3n) is 3.03. The van der Waals surface area contributed by atoms with Crippen LogP contribution in [0.2, 0.25) is 10.6 Å². The molecule has 0 saturated heterocycles. The van der Waals surface area contributed by atoms with E-state index in [0.29, 0.717) is 29.2 Å². The van der Waals surface area contributed by atoms with E-state index in [2.05, 4.69) is 30.6 Å². The van der Waals surface area contributed by atoms with E-state index in [1.165, 1.54) is 0 Å². The minimum Gasteiger partial charge on any atom is -0.371 e. The number of hydrogen-bond acceptors (Lipinski definition) is 6. The van der Waals surface area contributed by atoms with Crippen molar-refractivity contribution in [1.82, 2.24) is 19.9 Å². The zero-order valence-electron chi connectivity index (χ0n) is 11.6. The lowest BCUT2D eigenvalue weighted by Gasteiger charge is -2.10. The molecule has 0 aliphatic carbocycles. The summed E-state index contributed by atoms with van der Waals surface area (Å²) in [7, 11) is 1.73. The monoisotopic (exact) mass is 334 g/mol. The van der Waals surface area contributed by atoms with Crippen LogP contribution in [-0.2, 0) is 6.54 Å². The average Bonchev–Trinajstić information content (AvgIpc) is 2.53. The Kier molecular flexibility index (Phi) is 4.22. The fourth-order valence-corrected chi connectivity index (χ4v) is 2.38. The van der Waals surface area contributed by atoms with E-state index < -0.39 is 0 Å². The van der Waals surface area contributed by atoms with Gasteiger partial charge in [0.15, 0.2) is 11.6 Å². The number of anilines is 2. The van der Waals surface area contributed by atoms with Crippen molar-refractivity contribution in [3.8, 4) is 0 Å². The Morgan fingerprint density at radius 3 is 2.09 bits per heavy atom. The van der Waals surface area contributed by atoms with Crippen LogP contribution in [0.4, 0.5) is 11.6 Å². The first-order valence-electron chi connectivity index (χ1n) is 6.53. The highest BCUT2D eigenvalue weighted by Crippen LogP contribution is 2.26. The summed E-state index contributed by atoms with van der Waals surface area (Å²) in [6.07, 6.45) is 0. The maximum absolute atomic E-state index is 6.00. The summed E-state index contributed by atoms with van der Waals surface area (Å²) in [6, 6.07) is 9.94. The van der Waals surface area contributed by atoms with Gasteiger partial charge < -0.3 is 10.6 Å². The van der Waals surface area contributed by atoms with Gasteiger partial charge in [0, 0.05) is 13.6 Å². The van der Waals surface area contributed by atoms with Gasteiger partial charge in [-0.05, 0) is 28.8 Å². The molecule has 2 N–H and O–H groups in total. The van der Waals surface area contributed by atoms with Crippen LogP contribution in [0.5, 0.6) is 0 Å². The van der Waals surface area contributed by atoms with Gasteiger partial charge in [0.05, 0.1) is 0 Å². The first kappa shape index (κ1) is 14.7. The van der Waals surface area contributed by atoms with E-state index in [-0.39, 0.29) is 10.6 Å². The van der Waals surface area contributed by atoms with Crippen LogP contribution in [0, 0.1) is 0 Å². The number of fused-ring (bicyclic) bond motifs is 1. The molecule has 0 atom stereocenters. The molecule has 0 aliphatic heterocycles. The normalized spacial score (nSPS) is 10.7. The topological polar surface area (TPSA) is 75.6 Å². The first-order chi connectivity index (χ1) is 10.7. The molecule has 2 aromatic heterocycles. The van der Waals surface area contributed by atoms with E-state index in [1.807, 2.05) is 30.3 Å². The lowest BCUT2D eigenvalue weighted by molar-refractivity contribution is 1.08. The molecule has 22 heavy (non-hydrogen) atoms. The molecule has 0 bridgehead atoms. The van der Waals surface area contributed by atoms with Gasteiger partial charge in [0.1, 0.15) is 11.0 Å². The van der Waals surface area contributed by atoms with Crippen molar-refractivity contribution >= 4 is 45.9 Å². The van der Waals surface area contributed by atoms with Gasteiger partial charge >= 0.3 is 0 Å². The number of benzene rings is 1. The molecule has 0 amide bonds. The van der Waals surface area contributed by atoms with E-state index in [4.69, 9.17) is 23.2 Å². The molecule has 0 spiro atoms. The van der Waals surface area contributed by atoms with E-state index >= 15 is 0 Å². The Bertz CT molecular complexity index is 809. The van der Waals surface area contributed by atoms with Crippen molar-refractivity contribution < 1.29 is 0 Å². The standard InChI is InChI=1S/C14H12Cl2N6/c1-17-11-9-10(20-13(15)21-11)12(22-14(16)19-9)18-7-8-5-3-2-4-6-8/h2-6H,7H2,1H3,(H,17,20,21)(H,18,19,22). The smallest absolute Gasteiger partial charge is 0.225 e. The molecule has 3 rings (SSSR count). The van der Waals surface area contributed by atoms with E-state index in [1.54, 1.807) is 7.05 Å². The lowest BCUT2D eigenvalue weighted by atomic mass is 10.2. The Balaban J connectivity index is 2.03. The molecule has 0 unspecified atom stereocenters. The number of nitrogens with zero attached hydrogens (tertiary/aromatic N) is 4. The van der Waals surface area contributed by atoms with Crippen molar-refractivity contribution in [1.29, 1.82) is 0 Å². The van der Waals surface area contributed by atoms with Gasteiger partial charge in [0.25, 0.3) is 0 Å². The highest BCUT2D eigenvalue weighted by molar-refractivity contribution is 6.30. The molecule has 0 fully saturated rings. The van der Waals surface area contributed by atoms with Crippen LogP contribution in [0.3, 0.4) is 0 Å². The fraction of sp³-hybridized carbons (Fsp3) is 0.143. The van der Waals surface area contributed by atoms with Gasteiger partial charge in [-0.25, -0.2) is 9.97 Å². The van der Waals surface area contributed by atoms with Gasteiger partial charge in [-0.1, -0.05) is 30.3 Å². The molecule has 8 heteroatoms. The predicted molar refractivity (Wildman–Crippen MR) is 88.5 cm³/mol. The number of hydrogen-bond donors (Lipinski definition) is 2. The van der Waals surface area contributed by atoms with Crippen LogP contribution < -0.4 is 10.6 Å². The Hall–Kier alpha value is -2.18. The van der Waals surface area contributed by atoms with Gasteiger partial charge in [-0.3, -0.25) is 0 Å². The predicted octanol–water partition coefficient (Wildman–Crippen LogP) is 3.38. The highest BCUT2D eigenvalue weighted by atomic mass is 35.5. The van der Waals surface area contributed by atoms with Gasteiger partial charge in [-0.2, -0.15) is 9.97 Å². The van der Waals surface area contributed by atoms with Gasteiger partial charge in [-0.15, -0.1) is 0 Å². The molecular formula is C14H12Cl2N6. The minimum atomic E-state index is 0.116. The van der Waals surface area contributed by atoms with Gasteiger partial charge in [0.2, 0.25) is 10.6 Å². The summed E-state index contributed by atoms with van der Waals surface area (Å²) in [5.74, 6) is 1.02. The average molecular weight is 335 g/mol. The van der Waals surface area contributed by atoms with Crippen molar-refractivity contribution in [3.63, 3.8) is 0 Å². The SMILES string of the molecule is CNc1nc(Cl)nc2c(NCc3ccccc3)nc(Cl)nc12. The maximum atomic E-state index is 6.00. The second-order valence-corrected chi connectivity index (χ2v) is 5.14. The maximum Gasteiger partial charge on any atom is 0.225 e. The second-order valence-electron chi connectivity index (χ2n) is 4.47.